The number of aromatic nitrogens is 4. The molecule has 8 heteroatoms. The van der Waals surface area contributed by atoms with Gasteiger partial charge in [0.2, 0.25) is 5.82 Å². The van der Waals surface area contributed by atoms with Gasteiger partial charge in [0.15, 0.2) is 16.8 Å². The van der Waals surface area contributed by atoms with Crippen molar-refractivity contribution in [2.24, 2.45) is 5.10 Å². The normalized spacial score (nSPS) is 15.8. The Morgan fingerprint density at radius 1 is 0.712 bits per heavy atom. The van der Waals surface area contributed by atoms with Gasteiger partial charge in [0.05, 0.1) is 14.2 Å². The predicted octanol–water partition coefficient (Wildman–Crippen LogP) is 8.76. The molecule has 0 saturated heterocycles. The van der Waals surface area contributed by atoms with Crippen molar-refractivity contribution in [3.8, 4) is 22.5 Å². The van der Waals surface area contributed by atoms with Crippen LogP contribution in [0.4, 0.5) is 0 Å². The summed E-state index contributed by atoms with van der Waals surface area (Å²) in [5.41, 5.74) is 8.18. The van der Waals surface area contributed by atoms with Crippen LogP contribution in [-0.4, -0.2) is 57.2 Å². The smallest absolute Gasteiger partial charge is 0.346 e. The first-order chi connectivity index (χ1) is 25.4. The number of quaternary nitrogens is 1. The zero-order valence-corrected chi connectivity index (χ0v) is 30.1. The van der Waals surface area contributed by atoms with E-state index in [1.165, 1.54) is 7.11 Å². The summed E-state index contributed by atoms with van der Waals surface area (Å²) in [7, 11) is 3.51. The van der Waals surface area contributed by atoms with Gasteiger partial charge in [0.25, 0.3) is 0 Å². The number of esters is 1. The standard InChI is InChI=1S/C44H43N6O2/c1-5-7-31-50(3)41(40(43(51)52-4)39(6-2)47-50)33-29-27-32(28-30-33)37-25-17-18-26-38(37)42-45-48-49(46-42)44(34-19-11-8-12-20-34,35-21-13-9-14-22-35)36-23-15-10-16-24-36/h8-30H,5-7,31H2,1-4H3/q+1. The molecule has 0 bridgehead atoms. The largest absolute Gasteiger partial charge is 0.465 e. The third kappa shape index (κ3) is 6.05. The van der Waals surface area contributed by atoms with Gasteiger partial charge in [0, 0.05) is 11.1 Å². The second-order valence-electron chi connectivity index (χ2n) is 13.2. The predicted molar refractivity (Wildman–Crippen MR) is 206 cm³/mol. The fourth-order valence-electron chi connectivity index (χ4n) is 7.44. The average molecular weight is 688 g/mol. The summed E-state index contributed by atoms with van der Waals surface area (Å²) in [6, 6.07) is 47.5. The minimum absolute atomic E-state index is 0.316. The SMILES string of the molecule is CCCC[N+]1(C)N=C(CC)C(C(=O)OC)=C1c1ccc(-c2ccccc2-c2nnn(C(c3ccccc3)(c3ccccc3)c3ccccc3)n2)cc1. The molecule has 1 aliphatic heterocycles. The van der Waals surface area contributed by atoms with Gasteiger partial charge < -0.3 is 4.74 Å². The van der Waals surface area contributed by atoms with E-state index < -0.39 is 5.54 Å². The van der Waals surface area contributed by atoms with E-state index in [1.54, 1.807) is 4.80 Å². The molecule has 5 aromatic carbocycles. The second kappa shape index (κ2) is 14.7. The fourth-order valence-corrected chi connectivity index (χ4v) is 7.44. The lowest BCUT2D eigenvalue weighted by molar-refractivity contribution is -0.844. The summed E-state index contributed by atoms with van der Waals surface area (Å²) in [5.74, 6) is 0.165. The Balaban J connectivity index is 1.33. The summed E-state index contributed by atoms with van der Waals surface area (Å²) >= 11 is 0. The maximum atomic E-state index is 13.2. The molecule has 0 amide bonds. The molecule has 0 saturated carbocycles. The van der Waals surface area contributed by atoms with E-state index in [2.05, 4.69) is 80.7 Å². The first-order valence-electron chi connectivity index (χ1n) is 17.9. The molecule has 1 atom stereocenters. The van der Waals surface area contributed by atoms with Crippen molar-refractivity contribution >= 4 is 17.4 Å². The van der Waals surface area contributed by atoms with Crippen molar-refractivity contribution in [3.05, 3.63) is 167 Å². The van der Waals surface area contributed by atoms with Gasteiger partial charge in [-0.25, -0.2) is 4.79 Å². The Morgan fingerprint density at radius 2 is 1.23 bits per heavy atom. The monoisotopic (exact) mass is 687 g/mol. The van der Waals surface area contributed by atoms with E-state index in [0.717, 1.165) is 69.7 Å². The number of benzene rings is 5. The molecule has 52 heavy (non-hydrogen) atoms. The topological polar surface area (TPSA) is 82.3 Å². The van der Waals surface area contributed by atoms with Crippen LogP contribution >= 0.6 is 0 Å². The molecule has 0 fully saturated rings. The number of unbranched alkanes of at least 4 members (excludes halogenated alkanes) is 1. The van der Waals surface area contributed by atoms with Crippen LogP contribution in [0.15, 0.2) is 150 Å². The first kappa shape index (κ1) is 34.5. The summed E-state index contributed by atoms with van der Waals surface area (Å²) in [6.45, 7) is 4.99. The lowest BCUT2D eigenvalue weighted by Gasteiger charge is -2.34. The number of carbonyl (C=O) groups excluding carboxylic acids is 1. The minimum Gasteiger partial charge on any atom is -0.465 e. The highest BCUT2D eigenvalue weighted by Gasteiger charge is 2.44. The highest BCUT2D eigenvalue weighted by Crippen LogP contribution is 2.42. The van der Waals surface area contributed by atoms with Crippen LogP contribution in [0.25, 0.3) is 28.2 Å². The number of nitrogens with zero attached hydrogens (tertiary/aromatic N) is 6. The molecule has 260 valence electrons. The van der Waals surface area contributed by atoms with E-state index in [9.17, 15) is 4.79 Å². The maximum absolute atomic E-state index is 13.2. The fraction of sp³-hybridized carbons (Fsp3) is 0.205. The molecule has 1 unspecified atom stereocenters. The van der Waals surface area contributed by atoms with Crippen LogP contribution < -0.4 is 0 Å². The van der Waals surface area contributed by atoms with E-state index in [-0.39, 0.29) is 5.97 Å². The van der Waals surface area contributed by atoms with E-state index in [0.29, 0.717) is 22.4 Å². The lowest BCUT2D eigenvalue weighted by atomic mass is 9.77. The molecule has 0 radical (unpaired) electrons. The van der Waals surface area contributed by atoms with Crippen LogP contribution in [-0.2, 0) is 15.1 Å². The van der Waals surface area contributed by atoms with Crippen molar-refractivity contribution in [1.82, 2.24) is 20.2 Å². The van der Waals surface area contributed by atoms with Crippen molar-refractivity contribution < 1.29 is 14.1 Å². The number of hydrogen-bond acceptors (Lipinski definition) is 6. The molecule has 0 spiro atoms. The Morgan fingerprint density at radius 3 is 1.75 bits per heavy atom. The van der Waals surface area contributed by atoms with Crippen LogP contribution in [0.2, 0.25) is 0 Å². The number of ether oxygens (including phenoxy) is 1. The zero-order valence-electron chi connectivity index (χ0n) is 30.1. The van der Waals surface area contributed by atoms with E-state index >= 15 is 0 Å². The third-order valence-corrected chi connectivity index (χ3v) is 9.95. The van der Waals surface area contributed by atoms with E-state index in [1.807, 2.05) is 79.7 Å². The van der Waals surface area contributed by atoms with Gasteiger partial charge in [-0.2, -0.15) is 4.59 Å². The first-order valence-corrected chi connectivity index (χ1v) is 17.9. The van der Waals surface area contributed by atoms with Crippen LogP contribution in [0, 0.1) is 0 Å². The van der Waals surface area contributed by atoms with E-state index in [4.69, 9.17) is 25.2 Å². The summed E-state index contributed by atoms with van der Waals surface area (Å²) in [4.78, 5) is 14.9. The number of rotatable bonds is 12. The van der Waals surface area contributed by atoms with Gasteiger partial charge in [-0.1, -0.05) is 153 Å². The molecule has 0 aliphatic carbocycles. The number of methoxy groups -OCH3 is 1. The molecule has 0 N–H and O–H groups in total. The molecular weight excluding hydrogens is 645 g/mol. The number of tetrazole rings is 1. The highest BCUT2D eigenvalue weighted by molar-refractivity contribution is 6.25. The Labute approximate surface area is 305 Å². The van der Waals surface area contributed by atoms with Crippen LogP contribution in [0.5, 0.6) is 0 Å². The molecule has 6 aromatic rings. The third-order valence-electron chi connectivity index (χ3n) is 9.95. The Kier molecular flexibility index (Phi) is 9.74. The molecule has 1 aromatic heterocycles. The van der Waals surface area contributed by atoms with Gasteiger partial charge in [0.1, 0.15) is 12.3 Å². The molecular formula is C44H43N6O2+. The quantitative estimate of drug-likeness (QED) is 0.0730. The average Bonchev–Trinajstić information content (AvgIpc) is 3.82. The maximum Gasteiger partial charge on any atom is 0.346 e. The summed E-state index contributed by atoms with van der Waals surface area (Å²) in [5, 5.41) is 19.7. The van der Waals surface area contributed by atoms with Crippen molar-refractivity contribution in [2.75, 3.05) is 20.7 Å². The van der Waals surface area contributed by atoms with Gasteiger partial charge >= 0.3 is 5.97 Å². The van der Waals surface area contributed by atoms with Gasteiger partial charge in [-0.3, -0.25) is 0 Å². The Hall–Kier alpha value is -5.99. The van der Waals surface area contributed by atoms with Crippen LogP contribution in [0.1, 0.15) is 55.4 Å². The lowest BCUT2D eigenvalue weighted by Crippen LogP contribution is -2.39. The highest BCUT2D eigenvalue weighted by atomic mass is 16.5. The number of carbonyl (C=O) groups is 1. The Bertz CT molecular complexity index is 2130. The molecule has 1 aliphatic rings. The minimum atomic E-state index is -0.875. The van der Waals surface area contributed by atoms with Gasteiger partial charge in [-0.05, 0) is 58.0 Å². The van der Waals surface area contributed by atoms with Crippen molar-refractivity contribution in [2.45, 2.75) is 38.6 Å². The molecule has 7 rings (SSSR count). The van der Waals surface area contributed by atoms with Crippen molar-refractivity contribution in [1.29, 1.82) is 0 Å². The molecule has 2 heterocycles. The van der Waals surface area contributed by atoms with Gasteiger partial charge in [-0.15, -0.1) is 15.0 Å². The van der Waals surface area contributed by atoms with Crippen molar-refractivity contribution in [3.63, 3.8) is 0 Å². The zero-order chi connectivity index (χ0) is 36.1. The van der Waals surface area contributed by atoms with Crippen LogP contribution in [0.3, 0.4) is 0 Å². The number of hydrogen-bond donors (Lipinski definition) is 0. The molecule has 8 nitrogen and oxygen atoms in total. The second-order valence-corrected chi connectivity index (χ2v) is 13.2. The summed E-state index contributed by atoms with van der Waals surface area (Å²) in [6.07, 6.45) is 2.66. The summed E-state index contributed by atoms with van der Waals surface area (Å²) < 4.78 is 5.59.